The van der Waals surface area contributed by atoms with Crippen LogP contribution in [0.25, 0.3) is 0 Å². The molecule has 7 heteroatoms. The van der Waals surface area contributed by atoms with Gasteiger partial charge in [0.1, 0.15) is 5.75 Å². The summed E-state index contributed by atoms with van der Waals surface area (Å²) in [6.45, 7) is 0.888. The normalized spacial score (nSPS) is 15.7. The standard InChI is InChI=1S/C6H11NO.C6H6O4S/c8-6-4-2-1-3-5-7-6;7-5-1-3-6(4-2-5)11(8,9)10/h1-5H2,(H,7,8);1-4,7H,(H,8,9,10). The molecule has 3 N–H and O–H groups in total. The zero-order chi connectivity index (χ0) is 14.3. The highest BCUT2D eigenvalue weighted by Crippen LogP contribution is 2.13. The van der Waals surface area contributed by atoms with E-state index in [9.17, 15) is 13.2 Å². The second-order valence-corrected chi connectivity index (χ2v) is 5.55. The van der Waals surface area contributed by atoms with Crippen LogP contribution >= 0.6 is 0 Å². The van der Waals surface area contributed by atoms with Crippen LogP contribution in [0.5, 0.6) is 5.75 Å². The molecule has 1 aromatic carbocycles. The second kappa shape index (κ2) is 7.10. The minimum Gasteiger partial charge on any atom is -0.508 e. The third-order valence-corrected chi connectivity index (χ3v) is 3.41. The molecule has 2 rings (SSSR count). The minimum atomic E-state index is -4.13. The number of nitrogens with one attached hydrogen (secondary N) is 1. The number of rotatable bonds is 1. The van der Waals surface area contributed by atoms with E-state index < -0.39 is 10.1 Å². The fraction of sp³-hybridized carbons (Fsp3) is 0.417. The number of benzene rings is 1. The van der Waals surface area contributed by atoms with Gasteiger partial charge in [-0.2, -0.15) is 8.42 Å². The van der Waals surface area contributed by atoms with Gasteiger partial charge in [-0.15, -0.1) is 0 Å². The van der Waals surface area contributed by atoms with Crippen LogP contribution < -0.4 is 5.32 Å². The van der Waals surface area contributed by atoms with E-state index in [4.69, 9.17) is 9.66 Å². The fourth-order valence-corrected chi connectivity index (χ4v) is 2.00. The van der Waals surface area contributed by atoms with E-state index in [-0.39, 0.29) is 16.6 Å². The summed E-state index contributed by atoms with van der Waals surface area (Å²) in [5.74, 6) is 0.180. The average molecular weight is 287 g/mol. The lowest BCUT2D eigenvalue weighted by Gasteiger charge is -1.94. The van der Waals surface area contributed by atoms with Gasteiger partial charge in [-0.1, -0.05) is 6.42 Å². The van der Waals surface area contributed by atoms with Crippen LogP contribution in [-0.4, -0.2) is 30.5 Å². The Kier molecular flexibility index (Phi) is 5.78. The highest BCUT2D eigenvalue weighted by molar-refractivity contribution is 7.85. The van der Waals surface area contributed by atoms with Gasteiger partial charge in [0.05, 0.1) is 4.90 Å². The molecule has 1 saturated heterocycles. The van der Waals surface area contributed by atoms with Crippen LogP contribution in [0, 0.1) is 0 Å². The van der Waals surface area contributed by atoms with Gasteiger partial charge in [0.15, 0.2) is 0 Å². The van der Waals surface area contributed by atoms with Crippen LogP contribution in [0.2, 0.25) is 0 Å². The average Bonchev–Trinajstić information content (AvgIpc) is 2.57. The van der Waals surface area contributed by atoms with Crippen molar-refractivity contribution in [3.05, 3.63) is 24.3 Å². The molecule has 0 unspecified atom stereocenters. The monoisotopic (exact) mass is 287 g/mol. The topological polar surface area (TPSA) is 104 Å². The molecule has 106 valence electrons. The van der Waals surface area contributed by atoms with Crippen LogP contribution in [-0.2, 0) is 14.9 Å². The smallest absolute Gasteiger partial charge is 0.294 e. The van der Waals surface area contributed by atoms with Crippen LogP contribution in [0.15, 0.2) is 29.2 Å². The molecule has 0 atom stereocenters. The largest absolute Gasteiger partial charge is 0.508 e. The first-order valence-electron chi connectivity index (χ1n) is 5.93. The van der Waals surface area contributed by atoms with Crippen molar-refractivity contribution in [1.29, 1.82) is 0 Å². The molecular formula is C12H17NO5S. The Morgan fingerprint density at radius 2 is 1.68 bits per heavy atom. The first-order valence-corrected chi connectivity index (χ1v) is 7.37. The van der Waals surface area contributed by atoms with Crippen LogP contribution in [0.3, 0.4) is 0 Å². The molecule has 1 aliphatic rings. The second-order valence-electron chi connectivity index (χ2n) is 4.13. The number of hydrogen-bond donors (Lipinski definition) is 3. The minimum absolute atomic E-state index is 0.0441. The highest BCUT2D eigenvalue weighted by atomic mass is 32.2. The molecule has 0 saturated carbocycles. The van der Waals surface area contributed by atoms with Crippen molar-refractivity contribution in [3.8, 4) is 5.75 Å². The zero-order valence-corrected chi connectivity index (χ0v) is 11.2. The fourth-order valence-electron chi connectivity index (χ4n) is 1.52. The van der Waals surface area contributed by atoms with Crippen molar-refractivity contribution < 1.29 is 22.9 Å². The molecular weight excluding hydrogens is 270 g/mol. The lowest BCUT2D eigenvalue weighted by atomic mass is 10.2. The Bertz CT molecular complexity index is 499. The maximum absolute atomic E-state index is 10.6. The van der Waals surface area contributed by atoms with Crippen molar-refractivity contribution >= 4 is 16.0 Å². The van der Waals surface area contributed by atoms with E-state index >= 15 is 0 Å². The Morgan fingerprint density at radius 1 is 1.05 bits per heavy atom. The Labute approximate surface area is 112 Å². The third kappa shape index (κ3) is 6.21. The highest BCUT2D eigenvalue weighted by Gasteiger charge is 2.07. The Morgan fingerprint density at radius 3 is 2.26 bits per heavy atom. The van der Waals surface area contributed by atoms with Crippen molar-refractivity contribution in [3.63, 3.8) is 0 Å². The van der Waals surface area contributed by atoms with E-state index in [1.807, 2.05) is 0 Å². The molecule has 1 fully saturated rings. The summed E-state index contributed by atoms with van der Waals surface area (Å²) in [5.41, 5.74) is 0. The molecule has 19 heavy (non-hydrogen) atoms. The van der Waals surface area contributed by atoms with E-state index in [2.05, 4.69) is 5.32 Å². The van der Waals surface area contributed by atoms with Crippen LogP contribution in [0.4, 0.5) is 0 Å². The number of carbonyl (C=O) groups excluding carboxylic acids is 1. The summed E-state index contributed by atoms with van der Waals surface area (Å²) in [6.07, 6.45) is 4.18. The first kappa shape index (κ1) is 15.5. The predicted molar refractivity (Wildman–Crippen MR) is 69.4 cm³/mol. The number of phenols is 1. The number of aromatic hydroxyl groups is 1. The maximum Gasteiger partial charge on any atom is 0.294 e. The summed E-state index contributed by atoms with van der Waals surface area (Å²) in [4.78, 5) is 10.3. The van der Waals surface area contributed by atoms with Gasteiger partial charge in [-0.3, -0.25) is 9.35 Å². The summed E-state index contributed by atoms with van der Waals surface area (Å²) in [7, 11) is -4.13. The zero-order valence-electron chi connectivity index (χ0n) is 10.4. The van der Waals surface area contributed by atoms with Crippen molar-refractivity contribution in [2.24, 2.45) is 0 Å². The quantitative estimate of drug-likeness (QED) is 0.676. The van der Waals surface area contributed by atoms with E-state index in [1.165, 1.54) is 18.6 Å². The third-order valence-electron chi connectivity index (χ3n) is 2.54. The number of carbonyl (C=O) groups is 1. The summed E-state index contributed by atoms with van der Waals surface area (Å²) in [5, 5.41) is 11.6. The molecule has 1 aromatic rings. The van der Waals surface area contributed by atoms with Gasteiger partial charge in [-0.05, 0) is 37.1 Å². The molecule has 1 heterocycles. The van der Waals surface area contributed by atoms with Crippen molar-refractivity contribution in [2.75, 3.05) is 6.54 Å². The van der Waals surface area contributed by atoms with Crippen molar-refractivity contribution in [2.45, 2.75) is 30.6 Å². The Hall–Kier alpha value is -1.60. The molecule has 6 nitrogen and oxygen atoms in total. The molecule has 1 aliphatic heterocycles. The van der Waals surface area contributed by atoms with Gasteiger partial charge < -0.3 is 10.4 Å². The van der Waals surface area contributed by atoms with Gasteiger partial charge in [0.25, 0.3) is 10.1 Å². The molecule has 0 aliphatic carbocycles. The van der Waals surface area contributed by atoms with Gasteiger partial charge in [0.2, 0.25) is 5.91 Å². The number of amides is 1. The molecule has 0 aromatic heterocycles. The lowest BCUT2D eigenvalue weighted by molar-refractivity contribution is -0.120. The first-order chi connectivity index (χ1) is 8.89. The van der Waals surface area contributed by atoms with Gasteiger partial charge >= 0.3 is 0 Å². The van der Waals surface area contributed by atoms with E-state index in [0.717, 1.165) is 37.9 Å². The summed E-state index contributed by atoms with van der Waals surface area (Å²) < 4.78 is 29.3. The SMILES string of the molecule is O=C1CCCCCN1.O=S(=O)(O)c1ccc(O)cc1. The van der Waals surface area contributed by atoms with Gasteiger partial charge in [-0.25, -0.2) is 0 Å². The van der Waals surface area contributed by atoms with Crippen molar-refractivity contribution in [1.82, 2.24) is 5.32 Å². The maximum atomic E-state index is 10.6. The lowest BCUT2D eigenvalue weighted by Crippen LogP contribution is -2.21. The number of phenolic OH excluding ortho intramolecular Hbond substituents is 1. The molecule has 1 amide bonds. The number of hydrogen-bond acceptors (Lipinski definition) is 4. The molecule has 0 spiro atoms. The van der Waals surface area contributed by atoms with E-state index in [0.29, 0.717) is 0 Å². The van der Waals surface area contributed by atoms with E-state index in [1.54, 1.807) is 0 Å². The van der Waals surface area contributed by atoms with Crippen LogP contribution in [0.1, 0.15) is 25.7 Å². The Balaban J connectivity index is 0.000000200. The molecule has 0 radical (unpaired) electrons. The summed E-state index contributed by atoms with van der Waals surface area (Å²) >= 11 is 0. The summed E-state index contributed by atoms with van der Waals surface area (Å²) in [6, 6.07) is 4.60. The predicted octanol–water partition coefficient (Wildman–Crippen LogP) is 1.32. The van der Waals surface area contributed by atoms with Gasteiger partial charge in [0, 0.05) is 13.0 Å². The molecule has 0 bridgehead atoms.